The van der Waals surface area contributed by atoms with E-state index in [4.69, 9.17) is 15.2 Å². The summed E-state index contributed by atoms with van der Waals surface area (Å²) in [5.41, 5.74) is 10.1. The van der Waals surface area contributed by atoms with Crippen LogP contribution in [-0.2, 0) is 6.54 Å². The maximum atomic E-state index is 5.83. The second-order valence-electron chi connectivity index (χ2n) is 5.02. The van der Waals surface area contributed by atoms with Gasteiger partial charge in [0.1, 0.15) is 0 Å². The van der Waals surface area contributed by atoms with E-state index in [9.17, 15) is 0 Å². The highest BCUT2D eigenvalue weighted by molar-refractivity contribution is 5.72. The lowest BCUT2D eigenvalue weighted by atomic mass is 10.0. The first kappa shape index (κ1) is 15.2. The van der Waals surface area contributed by atoms with Gasteiger partial charge in [-0.15, -0.1) is 0 Å². The third-order valence-electron chi connectivity index (χ3n) is 3.47. The molecule has 4 nitrogen and oxygen atoms in total. The third kappa shape index (κ3) is 3.11. The van der Waals surface area contributed by atoms with Crippen molar-refractivity contribution in [1.29, 1.82) is 0 Å². The second-order valence-corrected chi connectivity index (χ2v) is 5.02. The second kappa shape index (κ2) is 6.50. The van der Waals surface area contributed by atoms with Crippen molar-refractivity contribution in [2.24, 2.45) is 5.73 Å². The first-order valence-electron chi connectivity index (χ1n) is 6.83. The monoisotopic (exact) mass is 286 g/mol. The van der Waals surface area contributed by atoms with Gasteiger partial charge in [0.15, 0.2) is 11.5 Å². The zero-order chi connectivity index (χ0) is 15.4. The van der Waals surface area contributed by atoms with Gasteiger partial charge in [-0.1, -0.05) is 12.1 Å². The normalized spacial score (nSPS) is 10.3. The van der Waals surface area contributed by atoms with Crippen molar-refractivity contribution in [2.75, 3.05) is 33.2 Å². The Kier molecular flexibility index (Phi) is 4.70. The lowest BCUT2D eigenvalue weighted by molar-refractivity contribution is 0.352. The van der Waals surface area contributed by atoms with Crippen LogP contribution in [-0.4, -0.2) is 28.3 Å². The van der Waals surface area contributed by atoms with Gasteiger partial charge in [0, 0.05) is 31.9 Å². The minimum atomic E-state index is 0.404. The van der Waals surface area contributed by atoms with Crippen molar-refractivity contribution >= 4 is 5.69 Å². The minimum absolute atomic E-state index is 0.404. The van der Waals surface area contributed by atoms with E-state index in [1.54, 1.807) is 14.2 Å². The van der Waals surface area contributed by atoms with Gasteiger partial charge >= 0.3 is 0 Å². The van der Waals surface area contributed by atoms with Gasteiger partial charge < -0.3 is 20.1 Å². The molecule has 0 aliphatic rings. The van der Waals surface area contributed by atoms with Crippen LogP contribution < -0.4 is 20.1 Å². The van der Waals surface area contributed by atoms with Gasteiger partial charge in [-0.3, -0.25) is 0 Å². The van der Waals surface area contributed by atoms with E-state index in [-0.39, 0.29) is 0 Å². The summed E-state index contributed by atoms with van der Waals surface area (Å²) in [6.45, 7) is 0.404. The summed E-state index contributed by atoms with van der Waals surface area (Å²) < 4.78 is 10.8. The average Bonchev–Trinajstić information content (AvgIpc) is 2.53. The molecule has 0 aliphatic carbocycles. The van der Waals surface area contributed by atoms with Crippen molar-refractivity contribution in [1.82, 2.24) is 0 Å². The van der Waals surface area contributed by atoms with Crippen LogP contribution in [0.3, 0.4) is 0 Å². The molecule has 2 aromatic rings. The van der Waals surface area contributed by atoms with Crippen LogP contribution in [0.5, 0.6) is 11.5 Å². The number of nitrogens with zero attached hydrogens (tertiary/aromatic N) is 1. The third-order valence-corrected chi connectivity index (χ3v) is 3.47. The van der Waals surface area contributed by atoms with Crippen LogP contribution >= 0.6 is 0 Å². The number of hydrogen-bond acceptors (Lipinski definition) is 4. The number of rotatable bonds is 5. The predicted molar refractivity (Wildman–Crippen MR) is 87.2 cm³/mol. The average molecular weight is 286 g/mol. The molecule has 0 spiro atoms. The number of benzene rings is 2. The molecule has 0 amide bonds. The molecule has 2 N–H and O–H groups in total. The molecule has 0 unspecified atom stereocenters. The van der Waals surface area contributed by atoms with Crippen molar-refractivity contribution in [3.05, 3.63) is 42.0 Å². The summed E-state index contributed by atoms with van der Waals surface area (Å²) in [5, 5.41) is 0. The molecule has 0 saturated heterocycles. The Balaban J connectivity index is 2.56. The van der Waals surface area contributed by atoms with Crippen molar-refractivity contribution in [3.8, 4) is 22.6 Å². The molecule has 2 rings (SSSR count). The smallest absolute Gasteiger partial charge is 0.165 e. The molecule has 0 heterocycles. The first-order valence-corrected chi connectivity index (χ1v) is 6.83. The Morgan fingerprint density at radius 2 is 1.76 bits per heavy atom. The van der Waals surface area contributed by atoms with Crippen LogP contribution in [0, 0.1) is 0 Å². The topological polar surface area (TPSA) is 47.7 Å². The maximum Gasteiger partial charge on any atom is 0.165 e. The fourth-order valence-corrected chi connectivity index (χ4v) is 2.33. The molecule has 0 saturated carbocycles. The molecular formula is C17H22N2O2. The summed E-state index contributed by atoms with van der Waals surface area (Å²) in [5.74, 6) is 1.40. The quantitative estimate of drug-likeness (QED) is 0.918. The summed E-state index contributed by atoms with van der Waals surface area (Å²) in [7, 11) is 7.32. The van der Waals surface area contributed by atoms with E-state index < -0.39 is 0 Å². The minimum Gasteiger partial charge on any atom is -0.493 e. The molecule has 4 heteroatoms. The molecular weight excluding hydrogens is 264 g/mol. The van der Waals surface area contributed by atoms with E-state index in [0.717, 1.165) is 22.4 Å². The van der Waals surface area contributed by atoms with Crippen molar-refractivity contribution < 1.29 is 9.47 Å². The van der Waals surface area contributed by atoms with Crippen LogP contribution in [0.25, 0.3) is 11.1 Å². The summed E-state index contributed by atoms with van der Waals surface area (Å²) in [6.07, 6.45) is 0. The predicted octanol–water partition coefficient (Wildman–Crippen LogP) is 2.90. The lowest BCUT2D eigenvalue weighted by Gasteiger charge is -2.16. The van der Waals surface area contributed by atoms with Gasteiger partial charge in [0.25, 0.3) is 0 Å². The van der Waals surface area contributed by atoms with E-state index in [1.165, 1.54) is 0 Å². The molecule has 0 fully saturated rings. The number of methoxy groups -OCH3 is 2. The van der Waals surface area contributed by atoms with Gasteiger partial charge in [-0.2, -0.15) is 0 Å². The van der Waals surface area contributed by atoms with E-state index in [1.807, 2.05) is 26.2 Å². The highest BCUT2D eigenvalue weighted by atomic mass is 16.5. The largest absolute Gasteiger partial charge is 0.493 e. The van der Waals surface area contributed by atoms with Crippen LogP contribution in [0.15, 0.2) is 36.4 Å². The summed E-state index contributed by atoms with van der Waals surface area (Å²) in [4.78, 5) is 2.08. The fourth-order valence-electron chi connectivity index (χ4n) is 2.33. The Bertz CT molecular complexity index is 599. The molecule has 0 bridgehead atoms. The van der Waals surface area contributed by atoms with Crippen molar-refractivity contribution in [3.63, 3.8) is 0 Å². The molecule has 0 atom stereocenters. The van der Waals surface area contributed by atoms with Gasteiger partial charge in [-0.25, -0.2) is 0 Å². The van der Waals surface area contributed by atoms with E-state index in [0.29, 0.717) is 18.0 Å². The Labute approximate surface area is 126 Å². The van der Waals surface area contributed by atoms with Gasteiger partial charge in [0.2, 0.25) is 0 Å². The van der Waals surface area contributed by atoms with E-state index >= 15 is 0 Å². The van der Waals surface area contributed by atoms with E-state index in [2.05, 4.69) is 29.2 Å². The maximum absolute atomic E-state index is 5.83. The van der Waals surface area contributed by atoms with Gasteiger partial charge in [-0.05, 0) is 35.4 Å². The van der Waals surface area contributed by atoms with Gasteiger partial charge in [0.05, 0.1) is 14.2 Å². The first-order chi connectivity index (χ1) is 10.1. The molecule has 2 aromatic carbocycles. The van der Waals surface area contributed by atoms with Crippen LogP contribution in [0.2, 0.25) is 0 Å². The Morgan fingerprint density at radius 1 is 1.00 bits per heavy atom. The molecule has 112 valence electrons. The molecule has 0 radical (unpaired) electrons. The highest BCUT2D eigenvalue weighted by Gasteiger charge is 2.12. The molecule has 0 aromatic heterocycles. The van der Waals surface area contributed by atoms with Crippen LogP contribution in [0.4, 0.5) is 5.69 Å². The lowest BCUT2D eigenvalue weighted by Crippen LogP contribution is -2.08. The van der Waals surface area contributed by atoms with Crippen molar-refractivity contribution in [2.45, 2.75) is 6.54 Å². The fraction of sp³-hybridized carbons (Fsp3) is 0.294. The highest BCUT2D eigenvalue weighted by Crippen LogP contribution is 2.36. The summed E-state index contributed by atoms with van der Waals surface area (Å²) >= 11 is 0. The number of anilines is 1. The number of ether oxygens (including phenoxy) is 2. The van der Waals surface area contributed by atoms with Crippen LogP contribution in [0.1, 0.15) is 5.56 Å². The zero-order valence-corrected chi connectivity index (χ0v) is 13.0. The zero-order valence-electron chi connectivity index (χ0n) is 13.0. The number of hydrogen-bond donors (Lipinski definition) is 1. The summed E-state index contributed by atoms with van der Waals surface area (Å²) in [6, 6.07) is 12.4. The number of nitrogens with two attached hydrogens (primary N) is 1. The Morgan fingerprint density at radius 3 is 2.33 bits per heavy atom. The molecule has 21 heavy (non-hydrogen) atoms. The standard InChI is InChI=1S/C17H22N2O2/c1-19(2)15-7-5-6-12(9-15)13-8-14(11-18)17(21-4)16(10-13)20-3/h5-10H,11,18H2,1-4H3. The SMILES string of the molecule is COc1cc(-c2cccc(N(C)C)c2)cc(CN)c1OC. The molecule has 0 aliphatic heterocycles. The Hall–Kier alpha value is -2.20.